The van der Waals surface area contributed by atoms with Crippen LogP contribution >= 0.6 is 11.3 Å². The monoisotopic (exact) mass is 345 g/mol. The molecule has 4 heterocycles. The Morgan fingerprint density at radius 2 is 2.25 bits per heavy atom. The Morgan fingerprint density at radius 1 is 1.42 bits per heavy atom. The van der Waals surface area contributed by atoms with Crippen molar-refractivity contribution in [2.24, 2.45) is 7.05 Å². The molecule has 3 aromatic heterocycles. The minimum absolute atomic E-state index is 0.232. The molecule has 0 aromatic carbocycles. The maximum atomic E-state index is 5.46. The predicted octanol–water partition coefficient (Wildman–Crippen LogP) is 2.87. The van der Waals surface area contributed by atoms with Crippen molar-refractivity contribution in [3.63, 3.8) is 0 Å². The number of hydrogen-bond acceptors (Lipinski definition) is 5. The molecule has 6 nitrogen and oxygen atoms in total. The van der Waals surface area contributed by atoms with E-state index in [0.29, 0.717) is 5.92 Å². The number of imidazole rings is 1. The van der Waals surface area contributed by atoms with Crippen molar-refractivity contribution in [2.75, 3.05) is 13.2 Å². The summed E-state index contributed by atoms with van der Waals surface area (Å²) < 4.78 is 9.53. The standard InChI is InChI=1S/C17H23N5OS/c1-12(18-10-14-11-22-5-8-24-17(22)19-14)16-9-15(20-21(16)2)13-3-6-23-7-4-13/h5,8-9,11-13,18H,3-4,6-7,10H2,1-2H3. The third-order valence-corrected chi connectivity index (χ3v) is 5.52. The van der Waals surface area contributed by atoms with Gasteiger partial charge in [-0.05, 0) is 25.8 Å². The molecule has 1 fully saturated rings. The van der Waals surface area contributed by atoms with Crippen molar-refractivity contribution in [1.29, 1.82) is 0 Å². The molecule has 128 valence electrons. The summed E-state index contributed by atoms with van der Waals surface area (Å²) in [5.41, 5.74) is 3.49. The van der Waals surface area contributed by atoms with Gasteiger partial charge in [0, 0.05) is 56.5 Å². The third-order valence-electron chi connectivity index (χ3n) is 4.75. The molecule has 1 aliphatic rings. The average molecular weight is 345 g/mol. The second kappa shape index (κ2) is 6.66. The van der Waals surface area contributed by atoms with Gasteiger partial charge in [0.1, 0.15) is 0 Å². The van der Waals surface area contributed by atoms with E-state index < -0.39 is 0 Å². The predicted molar refractivity (Wildman–Crippen MR) is 94.3 cm³/mol. The normalized spacial score (nSPS) is 17.6. The Kier molecular flexibility index (Phi) is 4.39. The van der Waals surface area contributed by atoms with Crippen molar-refractivity contribution in [3.05, 3.63) is 40.9 Å². The topological polar surface area (TPSA) is 56.4 Å². The zero-order chi connectivity index (χ0) is 16.5. The molecule has 0 aliphatic carbocycles. The van der Waals surface area contributed by atoms with Gasteiger partial charge in [0.2, 0.25) is 0 Å². The van der Waals surface area contributed by atoms with Gasteiger partial charge in [-0.25, -0.2) is 4.98 Å². The zero-order valence-corrected chi connectivity index (χ0v) is 14.9. The molecule has 1 saturated heterocycles. The van der Waals surface area contributed by atoms with E-state index in [0.717, 1.165) is 43.3 Å². The van der Waals surface area contributed by atoms with Gasteiger partial charge < -0.3 is 10.1 Å². The van der Waals surface area contributed by atoms with Gasteiger partial charge in [0.05, 0.1) is 17.1 Å². The summed E-state index contributed by atoms with van der Waals surface area (Å²) in [7, 11) is 2.03. The fourth-order valence-corrected chi connectivity index (χ4v) is 4.05. The smallest absolute Gasteiger partial charge is 0.193 e. The van der Waals surface area contributed by atoms with E-state index in [9.17, 15) is 0 Å². The van der Waals surface area contributed by atoms with Gasteiger partial charge in [0.15, 0.2) is 4.96 Å². The molecule has 0 radical (unpaired) electrons. The fraction of sp³-hybridized carbons (Fsp3) is 0.529. The third kappa shape index (κ3) is 3.11. The number of aryl methyl sites for hydroxylation is 1. The Balaban J connectivity index is 1.42. The number of fused-ring (bicyclic) bond motifs is 1. The van der Waals surface area contributed by atoms with Crippen LogP contribution in [0.25, 0.3) is 4.96 Å². The lowest BCUT2D eigenvalue weighted by Gasteiger charge is -2.19. The van der Waals surface area contributed by atoms with Crippen molar-refractivity contribution in [2.45, 2.75) is 38.3 Å². The molecule has 1 unspecified atom stereocenters. The Labute approximate surface area is 145 Å². The molecule has 1 aliphatic heterocycles. The molecule has 24 heavy (non-hydrogen) atoms. The minimum atomic E-state index is 0.232. The largest absolute Gasteiger partial charge is 0.381 e. The molecule has 0 spiro atoms. The van der Waals surface area contributed by atoms with E-state index >= 15 is 0 Å². The fourth-order valence-electron chi connectivity index (χ4n) is 3.33. The Morgan fingerprint density at radius 3 is 3.04 bits per heavy atom. The van der Waals surface area contributed by atoms with Crippen molar-refractivity contribution in [1.82, 2.24) is 24.5 Å². The van der Waals surface area contributed by atoms with Crippen LogP contribution in [0.4, 0.5) is 0 Å². The lowest BCUT2D eigenvalue weighted by molar-refractivity contribution is 0.0844. The van der Waals surface area contributed by atoms with E-state index in [2.05, 4.69) is 39.3 Å². The summed E-state index contributed by atoms with van der Waals surface area (Å²) in [5.74, 6) is 0.533. The van der Waals surface area contributed by atoms with Crippen molar-refractivity contribution in [3.8, 4) is 0 Å². The van der Waals surface area contributed by atoms with Crippen molar-refractivity contribution >= 4 is 16.3 Å². The number of nitrogens with zero attached hydrogens (tertiary/aromatic N) is 4. The summed E-state index contributed by atoms with van der Waals surface area (Å²) in [6, 6.07) is 2.48. The highest BCUT2D eigenvalue weighted by Crippen LogP contribution is 2.27. The SMILES string of the molecule is CC(NCc1cn2ccsc2n1)c1cc(C2CCOCC2)nn1C. The number of ether oxygens (including phenoxy) is 1. The quantitative estimate of drug-likeness (QED) is 0.772. The van der Waals surface area contributed by atoms with Crippen LogP contribution in [-0.4, -0.2) is 32.4 Å². The lowest BCUT2D eigenvalue weighted by Crippen LogP contribution is -2.20. The molecule has 4 rings (SSSR count). The summed E-state index contributed by atoms with van der Waals surface area (Å²) in [5, 5.41) is 10.4. The van der Waals surface area contributed by atoms with Gasteiger partial charge in [-0.15, -0.1) is 11.3 Å². The second-order valence-corrected chi connectivity index (χ2v) is 7.31. The lowest BCUT2D eigenvalue weighted by atomic mass is 9.96. The molecular weight excluding hydrogens is 322 g/mol. The number of thiazole rings is 1. The van der Waals surface area contributed by atoms with E-state index in [4.69, 9.17) is 9.84 Å². The number of hydrogen-bond donors (Lipinski definition) is 1. The number of nitrogens with one attached hydrogen (secondary N) is 1. The van der Waals surface area contributed by atoms with Gasteiger partial charge in [-0.2, -0.15) is 5.10 Å². The first kappa shape index (κ1) is 15.8. The zero-order valence-electron chi connectivity index (χ0n) is 14.1. The molecule has 0 amide bonds. The Hall–Kier alpha value is -1.70. The highest BCUT2D eigenvalue weighted by Gasteiger charge is 2.21. The highest BCUT2D eigenvalue weighted by molar-refractivity contribution is 7.15. The minimum Gasteiger partial charge on any atom is -0.381 e. The molecule has 7 heteroatoms. The van der Waals surface area contributed by atoms with Gasteiger partial charge in [-0.1, -0.05) is 0 Å². The van der Waals surface area contributed by atoms with Crippen LogP contribution in [-0.2, 0) is 18.3 Å². The van der Waals surface area contributed by atoms with Crippen LogP contribution in [0.5, 0.6) is 0 Å². The van der Waals surface area contributed by atoms with Crippen LogP contribution in [0.1, 0.15) is 48.8 Å². The Bertz CT molecular complexity index is 786. The summed E-state index contributed by atoms with van der Waals surface area (Å²) in [4.78, 5) is 5.67. The summed E-state index contributed by atoms with van der Waals surface area (Å²) in [6.07, 6.45) is 6.27. The van der Waals surface area contributed by atoms with Gasteiger partial charge >= 0.3 is 0 Å². The first-order valence-corrected chi connectivity index (χ1v) is 9.34. The number of rotatable bonds is 5. The maximum absolute atomic E-state index is 5.46. The second-order valence-electron chi connectivity index (χ2n) is 6.43. The molecule has 3 aromatic rings. The summed E-state index contributed by atoms with van der Waals surface area (Å²) in [6.45, 7) is 4.64. The van der Waals surface area contributed by atoms with E-state index in [1.165, 1.54) is 11.4 Å². The maximum Gasteiger partial charge on any atom is 0.193 e. The summed E-state index contributed by atoms with van der Waals surface area (Å²) >= 11 is 1.66. The molecule has 1 N–H and O–H groups in total. The van der Waals surface area contributed by atoms with Gasteiger partial charge in [0.25, 0.3) is 0 Å². The van der Waals surface area contributed by atoms with E-state index in [-0.39, 0.29) is 6.04 Å². The highest BCUT2D eigenvalue weighted by atomic mass is 32.1. The first-order chi connectivity index (χ1) is 11.7. The first-order valence-electron chi connectivity index (χ1n) is 8.47. The molecule has 0 saturated carbocycles. The van der Waals surface area contributed by atoms with Gasteiger partial charge in [-0.3, -0.25) is 9.08 Å². The van der Waals surface area contributed by atoms with Crippen LogP contribution in [0.15, 0.2) is 23.8 Å². The van der Waals surface area contributed by atoms with Crippen LogP contribution in [0.2, 0.25) is 0 Å². The average Bonchev–Trinajstić information content (AvgIpc) is 3.27. The molecular formula is C17H23N5OS. The van der Waals surface area contributed by atoms with E-state index in [1.54, 1.807) is 11.3 Å². The van der Waals surface area contributed by atoms with Crippen molar-refractivity contribution < 1.29 is 4.74 Å². The van der Waals surface area contributed by atoms with Crippen LogP contribution in [0.3, 0.4) is 0 Å². The molecule has 1 atom stereocenters. The molecule has 0 bridgehead atoms. The van der Waals surface area contributed by atoms with Crippen LogP contribution < -0.4 is 5.32 Å². The number of aromatic nitrogens is 4. The van der Waals surface area contributed by atoms with E-state index in [1.807, 2.05) is 17.9 Å². The van der Waals surface area contributed by atoms with Crippen LogP contribution in [0, 0.1) is 0 Å².